The Morgan fingerprint density at radius 1 is 1.23 bits per heavy atom. The Bertz CT molecular complexity index is 1490. The molecule has 4 heterocycles. The highest BCUT2D eigenvalue weighted by atomic mass is 19.3. The van der Waals surface area contributed by atoms with E-state index >= 15 is 0 Å². The summed E-state index contributed by atoms with van der Waals surface area (Å²) < 4.78 is 28.6. The smallest absolute Gasteiger partial charge is 0.260 e. The molecule has 9 heteroatoms. The minimum atomic E-state index is -2.93. The van der Waals surface area contributed by atoms with Gasteiger partial charge in [-0.3, -0.25) is 14.2 Å². The number of amides is 1. The number of aryl methyl sites for hydroxylation is 1. The molecule has 4 aromatic heterocycles. The fraction of sp³-hybridized carbons (Fsp3) is 0.385. The molecule has 2 N–H and O–H groups in total. The molecule has 0 aromatic carbocycles. The maximum absolute atomic E-state index is 13.3. The van der Waals surface area contributed by atoms with Gasteiger partial charge in [-0.2, -0.15) is 0 Å². The molecule has 7 nitrogen and oxygen atoms in total. The fourth-order valence-corrected chi connectivity index (χ4v) is 4.57. The number of nitrogens with zero attached hydrogens (tertiary/aromatic N) is 4. The van der Waals surface area contributed by atoms with Crippen LogP contribution in [0, 0.1) is 12.8 Å². The molecule has 1 amide bonds. The molecule has 4 aromatic rings. The van der Waals surface area contributed by atoms with Crippen LogP contribution in [0.2, 0.25) is 0 Å². The number of carbonyl (C=O) groups excluding carboxylic acids is 1. The predicted molar refractivity (Wildman–Crippen MR) is 127 cm³/mol. The van der Waals surface area contributed by atoms with Crippen LogP contribution in [0.3, 0.4) is 0 Å². The zero-order chi connectivity index (χ0) is 24.5. The molecule has 2 saturated carbocycles. The number of pyridine rings is 3. The number of anilines is 1. The Balaban J connectivity index is 1.46. The van der Waals surface area contributed by atoms with E-state index in [1.54, 1.807) is 18.5 Å². The number of nitrogens with one attached hydrogen (secondary N) is 1. The van der Waals surface area contributed by atoms with Gasteiger partial charge in [0.05, 0.1) is 23.0 Å². The van der Waals surface area contributed by atoms with E-state index in [4.69, 9.17) is 4.98 Å². The number of aliphatic hydroxyl groups is 1. The third kappa shape index (κ3) is 3.83. The second-order valence-electron chi connectivity index (χ2n) is 9.68. The van der Waals surface area contributed by atoms with E-state index in [1.807, 2.05) is 36.6 Å². The first-order chi connectivity index (χ1) is 16.7. The van der Waals surface area contributed by atoms with Gasteiger partial charge in [-0.05, 0) is 43.9 Å². The van der Waals surface area contributed by atoms with Crippen LogP contribution in [-0.2, 0) is 4.79 Å². The molecule has 35 heavy (non-hydrogen) atoms. The molecule has 6 rings (SSSR count). The molecule has 2 aliphatic rings. The number of hydrogen-bond donors (Lipinski definition) is 2. The molecule has 2 aliphatic carbocycles. The van der Waals surface area contributed by atoms with Gasteiger partial charge < -0.3 is 10.4 Å². The first-order valence-corrected chi connectivity index (χ1v) is 11.9. The molecule has 0 radical (unpaired) electrons. The van der Waals surface area contributed by atoms with Gasteiger partial charge >= 0.3 is 0 Å². The van der Waals surface area contributed by atoms with E-state index in [9.17, 15) is 18.7 Å². The summed E-state index contributed by atoms with van der Waals surface area (Å²) in [7, 11) is 0. The largest absolute Gasteiger partial charge is 0.387 e. The first-order valence-electron chi connectivity index (χ1n) is 11.9. The predicted octanol–water partition coefficient (Wildman–Crippen LogP) is 5.17. The van der Waals surface area contributed by atoms with Crippen molar-refractivity contribution in [1.82, 2.24) is 19.4 Å². The summed E-state index contributed by atoms with van der Waals surface area (Å²) in [4.78, 5) is 25.9. The Hall–Kier alpha value is -3.46. The lowest BCUT2D eigenvalue weighted by Gasteiger charge is -2.14. The standard InChI is InChI=1S/C26H25F2N5O2/c1-3-22(34)19-6-13(2)17(11-29-19)16-7-15-10-30-23(32-25(35)18-9-26(18,27)28)8-21(15)33-12-20(14-4-5-14)31-24(16)33/h6-8,10-12,14,18,22,34H,3-5,9H2,1-2H3,(H,30,32,35)/t18-,22?/m1/s1. The van der Waals surface area contributed by atoms with Crippen LogP contribution < -0.4 is 5.32 Å². The van der Waals surface area contributed by atoms with Crippen molar-refractivity contribution in [2.45, 2.75) is 57.5 Å². The molecule has 2 fully saturated rings. The van der Waals surface area contributed by atoms with E-state index in [2.05, 4.69) is 15.3 Å². The summed E-state index contributed by atoms with van der Waals surface area (Å²) in [6.45, 7) is 3.89. The fourth-order valence-electron chi connectivity index (χ4n) is 4.57. The van der Waals surface area contributed by atoms with Crippen molar-refractivity contribution in [3.05, 3.63) is 53.7 Å². The van der Waals surface area contributed by atoms with Gasteiger partial charge in [-0.1, -0.05) is 6.92 Å². The van der Waals surface area contributed by atoms with E-state index in [0.29, 0.717) is 18.0 Å². The number of halogens is 2. The molecule has 0 saturated heterocycles. The number of fused-ring (bicyclic) bond motifs is 3. The molecule has 180 valence electrons. The third-order valence-electron chi connectivity index (χ3n) is 6.98. The number of carbonyl (C=O) groups is 1. The van der Waals surface area contributed by atoms with Crippen molar-refractivity contribution in [2.24, 2.45) is 5.92 Å². The van der Waals surface area contributed by atoms with Crippen LogP contribution in [0.5, 0.6) is 0 Å². The summed E-state index contributed by atoms with van der Waals surface area (Å²) in [5.41, 5.74) is 5.94. The van der Waals surface area contributed by atoms with Gasteiger partial charge in [0.25, 0.3) is 5.92 Å². The third-order valence-corrected chi connectivity index (χ3v) is 6.98. The minimum Gasteiger partial charge on any atom is -0.387 e. The number of aliphatic hydroxyl groups excluding tert-OH is 1. The van der Waals surface area contributed by atoms with Gasteiger partial charge in [0.1, 0.15) is 17.4 Å². The van der Waals surface area contributed by atoms with Gasteiger partial charge in [-0.25, -0.2) is 18.7 Å². The van der Waals surface area contributed by atoms with Crippen molar-refractivity contribution in [3.63, 3.8) is 0 Å². The highest BCUT2D eigenvalue weighted by molar-refractivity contribution is 5.97. The Kier molecular flexibility index (Phi) is 4.90. The van der Waals surface area contributed by atoms with Crippen molar-refractivity contribution in [2.75, 3.05) is 5.32 Å². The van der Waals surface area contributed by atoms with Gasteiger partial charge in [-0.15, -0.1) is 0 Å². The number of rotatable bonds is 6. The number of alkyl halides is 2. The highest BCUT2D eigenvalue weighted by Gasteiger charge is 2.61. The minimum absolute atomic E-state index is 0.233. The normalized spacial score (nSPS) is 19.7. The molecule has 2 atom stereocenters. The average Bonchev–Trinajstić information content (AvgIpc) is 3.74. The maximum atomic E-state index is 13.3. The summed E-state index contributed by atoms with van der Waals surface area (Å²) in [6.07, 6.45) is 7.16. The molecule has 0 spiro atoms. The molecular weight excluding hydrogens is 452 g/mol. The SMILES string of the molecule is CCC(O)c1cc(C)c(-c2cc3cnc(NC(=O)[C@H]4CC4(F)F)cc3n3cc(C4CC4)nc23)cn1. The Morgan fingerprint density at radius 3 is 2.66 bits per heavy atom. The van der Waals surface area contributed by atoms with Gasteiger partial charge in [0.15, 0.2) is 0 Å². The van der Waals surface area contributed by atoms with Crippen LogP contribution in [-0.4, -0.2) is 36.3 Å². The van der Waals surface area contributed by atoms with Crippen molar-refractivity contribution in [3.8, 4) is 11.1 Å². The van der Waals surface area contributed by atoms with Crippen LogP contribution in [0.1, 0.15) is 61.6 Å². The van der Waals surface area contributed by atoms with Crippen molar-refractivity contribution in [1.29, 1.82) is 0 Å². The average molecular weight is 478 g/mol. The molecule has 0 bridgehead atoms. The van der Waals surface area contributed by atoms with Gasteiger partial charge in [0.2, 0.25) is 5.91 Å². The second kappa shape index (κ2) is 7.78. The lowest BCUT2D eigenvalue weighted by atomic mass is 10.0. The highest BCUT2D eigenvalue weighted by Crippen LogP contribution is 2.49. The molecule has 0 aliphatic heterocycles. The zero-order valence-electron chi connectivity index (χ0n) is 19.4. The molecular formula is C26H25F2N5O2. The lowest BCUT2D eigenvalue weighted by Crippen LogP contribution is -2.18. The van der Waals surface area contributed by atoms with E-state index in [0.717, 1.165) is 51.8 Å². The van der Waals surface area contributed by atoms with Gasteiger partial charge in [0, 0.05) is 53.5 Å². The van der Waals surface area contributed by atoms with Crippen LogP contribution in [0.4, 0.5) is 14.6 Å². The number of aromatic nitrogens is 4. The van der Waals surface area contributed by atoms with Crippen LogP contribution in [0.25, 0.3) is 27.7 Å². The number of imidazole rings is 1. The zero-order valence-corrected chi connectivity index (χ0v) is 19.4. The van der Waals surface area contributed by atoms with E-state index in [-0.39, 0.29) is 5.82 Å². The number of hydrogen-bond acceptors (Lipinski definition) is 5. The van der Waals surface area contributed by atoms with E-state index in [1.165, 1.54) is 0 Å². The Labute approximate surface area is 200 Å². The molecule has 1 unspecified atom stereocenters. The second-order valence-corrected chi connectivity index (χ2v) is 9.68. The van der Waals surface area contributed by atoms with Crippen LogP contribution in [0.15, 0.2) is 36.8 Å². The van der Waals surface area contributed by atoms with Crippen LogP contribution >= 0.6 is 0 Å². The summed E-state index contributed by atoms with van der Waals surface area (Å²) in [5.74, 6) is -4.27. The summed E-state index contributed by atoms with van der Waals surface area (Å²) in [5, 5.41) is 13.6. The van der Waals surface area contributed by atoms with Crippen molar-refractivity contribution >= 4 is 28.3 Å². The maximum Gasteiger partial charge on any atom is 0.260 e. The topological polar surface area (TPSA) is 92.4 Å². The summed E-state index contributed by atoms with van der Waals surface area (Å²) in [6, 6.07) is 5.59. The monoisotopic (exact) mass is 477 g/mol. The van der Waals surface area contributed by atoms with E-state index < -0.39 is 30.3 Å². The Morgan fingerprint density at radius 2 is 2.00 bits per heavy atom. The van der Waals surface area contributed by atoms with Crippen molar-refractivity contribution < 1.29 is 18.7 Å². The quantitative estimate of drug-likeness (QED) is 0.400. The summed E-state index contributed by atoms with van der Waals surface area (Å²) >= 11 is 0. The lowest BCUT2D eigenvalue weighted by molar-refractivity contribution is -0.119. The first kappa shape index (κ1) is 22.0.